The minimum atomic E-state index is -0.560. The van der Waals surface area contributed by atoms with E-state index in [4.69, 9.17) is 13.9 Å². The second kappa shape index (κ2) is 7.92. The first-order valence-electron chi connectivity index (χ1n) is 9.57. The third-order valence-electron chi connectivity index (χ3n) is 5.07. The van der Waals surface area contributed by atoms with Gasteiger partial charge in [-0.05, 0) is 43.0 Å². The molecule has 0 N–H and O–H groups in total. The van der Waals surface area contributed by atoms with Gasteiger partial charge < -0.3 is 18.8 Å². The van der Waals surface area contributed by atoms with E-state index >= 15 is 0 Å². The summed E-state index contributed by atoms with van der Waals surface area (Å²) in [5, 5.41) is 1.92. The molecule has 0 radical (unpaired) electrons. The van der Waals surface area contributed by atoms with Crippen LogP contribution in [0.25, 0.3) is 21.9 Å². The normalized spacial score (nSPS) is 17.0. The van der Waals surface area contributed by atoms with Gasteiger partial charge in [0.25, 0.3) is 5.91 Å². The van der Waals surface area contributed by atoms with Crippen LogP contribution in [0.2, 0.25) is 0 Å². The van der Waals surface area contributed by atoms with Crippen molar-refractivity contribution in [2.45, 2.75) is 19.8 Å². The van der Waals surface area contributed by atoms with Gasteiger partial charge in [-0.1, -0.05) is 25.1 Å². The fourth-order valence-electron chi connectivity index (χ4n) is 3.63. The van der Waals surface area contributed by atoms with Crippen molar-refractivity contribution in [1.29, 1.82) is 0 Å². The lowest BCUT2D eigenvalue weighted by atomic mass is 10.0. The quantitative estimate of drug-likeness (QED) is 0.630. The molecule has 1 aliphatic heterocycles. The molecule has 6 heteroatoms. The van der Waals surface area contributed by atoms with Crippen molar-refractivity contribution in [1.82, 2.24) is 4.90 Å². The lowest BCUT2D eigenvalue weighted by Crippen LogP contribution is -2.41. The van der Waals surface area contributed by atoms with Crippen LogP contribution < -0.4 is 4.74 Å². The first-order valence-corrected chi connectivity index (χ1v) is 9.57. The van der Waals surface area contributed by atoms with E-state index in [-0.39, 0.29) is 19.1 Å². The molecule has 146 valence electrons. The van der Waals surface area contributed by atoms with Crippen molar-refractivity contribution in [2.75, 3.05) is 26.3 Å². The Kier molecular flexibility index (Phi) is 5.19. The number of nitrogens with zero attached hydrogens (tertiary/aromatic N) is 1. The van der Waals surface area contributed by atoms with Crippen molar-refractivity contribution >= 4 is 33.8 Å². The summed E-state index contributed by atoms with van der Waals surface area (Å²) in [5.41, 5.74) is 1.57. The Labute approximate surface area is 163 Å². The summed E-state index contributed by atoms with van der Waals surface area (Å²) in [6.45, 7) is 3.10. The number of furan rings is 1. The van der Waals surface area contributed by atoms with Gasteiger partial charge in [-0.25, -0.2) is 4.79 Å². The molecule has 1 fully saturated rings. The lowest BCUT2D eigenvalue weighted by Gasteiger charge is -2.30. The van der Waals surface area contributed by atoms with E-state index in [2.05, 4.69) is 6.92 Å². The number of rotatable bonds is 5. The van der Waals surface area contributed by atoms with E-state index in [9.17, 15) is 9.59 Å². The topological polar surface area (TPSA) is 69.0 Å². The van der Waals surface area contributed by atoms with Gasteiger partial charge in [0.15, 0.2) is 13.2 Å². The molecule has 1 atom stereocenters. The second-order valence-electron chi connectivity index (χ2n) is 7.29. The second-order valence-corrected chi connectivity index (χ2v) is 7.29. The molecule has 1 unspecified atom stereocenters. The summed E-state index contributed by atoms with van der Waals surface area (Å²) in [5.74, 6) is 0.333. The fraction of sp³-hybridized carbons (Fsp3) is 0.364. The summed E-state index contributed by atoms with van der Waals surface area (Å²) < 4.78 is 16.4. The number of piperidine rings is 1. The Morgan fingerprint density at radius 3 is 2.79 bits per heavy atom. The zero-order chi connectivity index (χ0) is 19.5. The van der Waals surface area contributed by atoms with Gasteiger partial charge in [0.05, 0.1) is 0 Å². The van der Waals surface area contributed by atoms with Gasteiger partial charge in [-0.2, -0.15) is 0 Å². The van der Waals surface area contributed by atoms with Crippen LogP contribution in [-0.2, 0) is 14.3 Å². The maximum absolute atomic E-state index is 12.2. The van der Waals surface area contributed by atoms with Crippen LogP contribution in [0.4, 0.5) is 0 Å². The Morgan fingerprint density at radius 1 is 1.11 bits per heavy atom. The number of esters is 1. The molecule has 0 spiro atoms. The molecule has 4 rings (SSSR count). The van der Waals surface area contributed by atoms with Crippen LogP contribution >= 0.6 is 0 Å². The Balaban J connectivity index is 1.32. The van der Waals surface area contributed by atoms with Gasteiger partial charge in [0, 0.05) is 23.9 Å². The molecule has 1 aromatic heterocycles. The highest BCUT2D eigenvalue weighted by Gasteiger charge is 2.21. The molecule has 0 aliphatic carbocycles. The van der Waals surface area contributed by atoms with Crippen molar-refractivity contribution in [3.8, 4) is 5.75 Å². The zero-order valence-electron chi connectivity index (χ0n) is 15.8. The number of likely N-dealkylation sites (tertiary alicyclic amines) is 1. The monoisotopic (exact) mass is 381 g/mol. The zero-order valence-corrected chi connectivity index (χ0v) is 15.8. The standard InChI is InChI=1S/C22H23NO5/c1-15-5-4-10-23(12-15)21(24)13-27-22(25)14-26-16-8-9-20-18(11-16)17-6-2-3-7-19(17)28-20/h2-3,6-9,11,15H,4-5,10,12-14H2,1H3. The molecule has 2 aromatic carbocycles. The molecular weight excluding hydrogens is 358 g/mol. The molecule has 0 bridgehead atoms. The number of benzene rings is 2. The van der Waals surface area contributed by atoms with E-state index in [0.717, 1.165) is 47.9 Å². The molecule has 1 amide bonds. The molecule has 1 aliphatic rings. The van der Waals surface area contributed by atoms with E-state index in [0.29, 0.717) is 11.7 Å². The highest BCUT2D eigenvalue weighted by atomic mass is 16.6. The molecule has 0 saturated carbocycles. The Hall–Kier alpha value is -3.02. The Morgan fingerprint density at radius 2 is 1.93 bits per heavy atom. The first-order chi connectivity index (χ1) is 13.6. The minimum absolute atomic E-state index is 0.147. The van der Waals surface area contributed by atoms with E-state index in [1.807, 2.05) is 36.4 Å². The number of carbonyl (C=O) groups is 2. The lowest BCUT2D eigenvalue weighted by molar-refractivity contribution is -0.154. The highest BCUT2D eigenvalue weighted by Crippen LogP contribution is 2.31. The molecule has 6 nitrogen and oxygen atoms in total. The van der Waals surface area contributed by atoms with Crippen LogP contribution in [0.5, 0.6) is 5.75 Å². The predicted molar refractivity (Wildman–Crippen MR) is 105 cm³/mol. The third-order valence-corrected chi connectivity index (χ3v) is 5.07. The van der Waals surface area contributed by atoms with Crippen molar-refractivity contribution in [3.05, 3.63) is 42.5 Å². The van der Waals surface area contributed by atoms with Gasteiger partial charge >= 0.3 is 5.97 Å². The third kappa shape index (κ3) is 3.96. The van der Waals surface area contributed by atoms with E-state index in [1.54, 1.807) is 11.0 Å². The molecule has 1 saturated heterocycles. The smallest absolute Gasteiger partial charge is 0.344 e. The maximum Gasteiger partial charge on any atom is 0.344 e. The number of fused-ring (bicyclic) bond motifs is 3. The fourth-order valence-corrected chi connectivity index (χ4v) is 3.63. The largest absolute Gasteiger partial charge is 0.482 e. The molecule has 3 aromatic rings. The highest BCUT2D eigenvalue weighted by molar-refractivity contribution is 6.05. The van der Waals surface area contributed by atoms with Crippen LogP contribution in [0.15, 0.2) is 46.9 Å². The van der Waals surface area contributed by atoms with E-state index < -0.39 is 5.97 Å². The van der Waals surface area contributed by atoms with Crippen LogP contribution in [0.3, 0.4) is 0 Å². The van der Waals surface area contributed by atoms with Gasteiger partial charge in [-0.3, -0.25) is 4.79 Å². The number of carbonyl (C=O) groups excluding carboxylic acids is 2. The van der Waals surface area contributed by atoms with Crippen LogP contribution in [-0.4, -0.2) is 43.1 Å². The van der Waals surface area contributed by atoms with Crippen molar-refractivity contribution in [2.24, 2.45) is 5.92 Å². The maximum atomic E-state index is 12.2. The van der Waals surface area contributed by atoms with Crippen LogP contribution in [0, 0.1) is 5.92 Å². The molecule has 2 heterocycles. The number of amides is 1. The summed E-state index contributed by atoms with van der Waals surface area (Å²) >= 11 is 0. The molecule has 28 heavy (non-hydrogen) atoms. The van der Waals surface area contributed by atoms with Crippen molar-refractivity contribution in [3.63, 3.8) is 0 Å². The SMILES string of the molecule is CC1CCCN(C(=O)COC(=O)COc2ccc3oc4ccccc4c3c2)C1. The summed E-state index contributed by atoms with van der Waals surface area (Å²) in [4.78, 5) is 25.9. The van der Waals surface area contributed by atoms with E-state index in [1.165, 1.54) is 0 Å². The van der Waals surface area contributed by atoms with Crippen molar-refractivity contribution < 1.29 is 23.5 Å². The number of hydrogen-bond donors (Lipinski definition) is 0. The summed E-state index contributed by atoms with van der Waals surface area (Å²) in [6, 6.07) is 13.2. The number of para-hydroxylation sites is 1. The van der Waals surface area contributed by atoms with Gasteiger partial charge in [0.1, 0.15) is 16.9 Å². The van der Waals surface area contributed by atoms with Crippen LogP contribution in [0.1, 0.15) is 19.8 Å². The average Bonchev–Trinajstić information content (AvgIpc) is 3.08. The minimum Gasteiger partial charge on any atom is -0.482 e. The number of ether oxygens (including phenoxy) is 2. The summed E-state index contributed by atoms with van der Waals surface area (Å²) in [7, 11) is 0. The predicted octanol–water partition coefficient (Wildman–Crippen LogP) is 3.77. The Bertz CT molecular complexity index is 1010. The summed E-state index contributed by atoms with van der Waals surface area (Å²) in [6.07, 6.45) is 2.13. The van der Waals surface area contributed by atoms with Gasteiger partial charge in [0.2, 0.25) is 0 Å². The molecular formula is C22H23NO5. The first kappa shape index (κ1) is 18.3. The number of hydrogen-bond acceptors (Lipinski definition) is 5. The van der Waals surface area contributed by atoms with Gasteiger partial charge in [-0.15, -0.1) is 0 Å². The average molecular weight is 381 g/mol.